The third-order valence-electron chi connectivity index (χ3n) is 3.50. The monoisotopic (exact) mass is 276 g/mol. The zero-order chi connectivity index (χ0) is 13.1. The van der Waals surface area contributed by atoms with Gasteiger partial charge in [-0.3, -0.25) is 9.48 Å². The van der Waals surface area contributed by atoms with Gasteiger partial charge in [0, 0.05) is 24.3 Å². The summed E-state index contributed by atoms with van der Waals surface area (Å²) in [5.74, 6) is 0.0538. The lowest BCUT2D eigenvalue weighted by Crippen LogP contribution is -2.46. The molecule has 0 spiro atoms. The molecule has 0 radical (unpaired) electrons. The average Bonchev–Trinajstić information content (AvgIpc) is 3.11. The van der Waals surface area contributed by atoms with Crippen molar-refractivity contribution in [1.82, 2.24) is 19.7 Å². The van der Waals surface area contributed by atoms with Crippen LogP contribution < -0.4 is 0 Å². The SMILES string of the molecule is O=C(c1cscn1)N1CCCC[C@@H]1Cn1cccn1. The van der Waals surface area contributed by atoms with E-state index < -0.39 is 0 Å². The number of thiazole rings is 1. The zero-order valence-electron chi connectivity index (χ0n) is 10.6. The average molecular weight is 276 g/mol. The summed E-state index contributed by atoms with van der Waals surface area (Å²) in [7, 11) is 0. The molecule has 5 nitrogen and oxygen atoms in total. The molecule has 1 aliphatic heterocycles. The Morgan fingerprint density at radius 2 is 2.42 bits per heavy atom. The number of carbonyl (C=O) groups is 1. The van der Waals surface area contributed by atoms with Crippen LogP contribution in [0.3, 0.4) is 0 Å². The van der Waals surface area contributed by atoms with E-state index in [9.17, 15) is 4.79 Å². The van der Waals surface area contributed by atoms with Crippen molar-refractivity contribution in [2.24, 2.45) is 0 Å². The molecule has 0 aliphatic carbocycles. The van der Waals surface area contributed by atoms with Crippen molar-refractivity contribution >= 4 is 17.2 Å². The molecule has 2 aromatic rings. The Morgan fingerprint density at radius 1 is 1.47 bits per heavy atom. The molecule has 1 fully saturated rings. The predicted molar refractivity (Wildman–Crippen MR) is 73.0 cm³/mol. The number of likely N-dealkylation sites (tertiary alicyclic amines) is 1. The smallest absolute Gasteiger partial charge is 0.273 e. The highest BCUT2D eigenvalue weighted by Crippen LogP contribution is 2.21. The first-order chi connectivity index (χ1) is 9.34. The van der Waals surface area contributed by atoms with Crippen LogP contribution in [-0.2, 0) is 6.54 Å². The lowest BCUT2D eigenvalue weighted by atomic mass is 10.0. The van der Waals surface area contributed by atoms with Crippen LogP contribution in [0.15, 0.2) is 29.4 Å². The van der Waals surface area contributed by atoms with Crippen LogP contribution in [0.25, 0.3) is 0 Å². The van der Waals surface area contributed by atoms with E-state index in [-0.39, 0.29) is 11.9 Å². The Morgan fingerprint density at radius 3 is 3.16 bits per heavy atom. The second-order valence-electron chi connectivity index (χ2n) is 4.75. The summed E-state index contributed by atoms with van der Waals surface area (Å²) in [6.45, 7) is 1.59. The van der Waals surface area contributed by atoms with Gasteiger partial charge >= 0.3 is 0 Å². The number of piperidine rings is 1. The van der Waals surface area contributed by atoms with Crippen LogP contribution in [0.4, 0.5) is 0 Å². The molecule has 19 heavy (non-hydrogen) atoms. The molecular weight excluding hydrogens is 260 g/mol. The zero-order valence-corrected chi connectivity index (χ0v) is 11.4. The molecule has 0 saturated carbocycles. The second-order valence-corrected chi connectivity index (χ2v) is 5.47. The molecule has 1 saturated heterocycles. The second kappa shape index (κ2) is 5.52. The third kappa shape index (κ3) is 2.68. The molecule has 1 amide bonds. The fraction of sp³-hybridized carbons (Fsp3) is 0.462. The summed E-state index contributed by atoms with van der Waals surface area (Å²) < 4.78 is 1.90. The van der Waals surface area contributed by atoms with Crippen LogP contribution >= 0.6 is 11.3 Å². The molecule has 0 unspecified atom stereocenters. The Bertz CT molecular complexity index is 523. The summed E-state index contributed by atoms with van der Waals surface area (Å²) in [6, 6.07) is 2.14. The van der Waals surface area contributed by atoms with E-state index in [4.69, 9.17) is 0 Å². The Labute approximate surface area is 115 Å². The maximum Gasteiger partial charge on any atom is 0.273 e. The molecule has 3 rings (SSSR count). The van der Waals surface area contributed by atoms with Gasteiger partial charge in [-0.15, -0.1) is 11.3 Å². The third-order valence-corrected chi connectivity index (χ3v) is 4.08. The largest absolute Gasteiger partial charge is 0.332 e. The van der Waals surface area contributed by atoms with E-state index in [0.717, 1.165) is 25.9 Å². The molecule has 2 aromatic heterocycles. The summed E-state index contributed by atoms with van der Waals surface area (Å²) in [5, 5.41) is 6.05. The number of hydrogen-bond donors (Lipinski definition) is 0. The topological polar surface area (TPSA) is 51.0 Å². The fourth-order valence-corrected chi connectivity index (χ4v) is 3.07. The summed E-state index contributed by atoms with van der Waals surface area (Å²) in [5.41, 5.74) is 2.28. The van der Waals surface area contributed by atoms with Gasteiger partial charge < -0.3 is 4.90 Å². The molecule has 6 heteroatoms. The Balaban J connectivity index is 1.75. The van der Waals surface area contributed by atoms with Crippen LogP contribution in [-0.4, -0.2) is 38.2 Å². The van der Waals surface area contributed by atoms with Crippen molar-refractivity contribution in [3.63, 3.8) is 0 Å². The molecule has 0 aromatic carbocycles. The van der Waals surface area contributed by atoms with Crippen molar-refractivity contribution in [3.05, 3.63) is 35.0 Å². The van der Waals surface area contributed by atoms with Crippen molar-refractivity contribution in [2.45, 2.75) is 31.8 Å². The summed E-state index contributed by atoms with van der Waals surface area (Å²) in [4.78, 5) is 18.5. The van der Waals surface area contributed by atoms with Crippen LogP contribution in [0.1, 0.15) is 29.8 Å². The first kappa shape index (κ1) is 12.3. The number of aromatic nitrogens is 3. The predicted octanol–water partition coefficient (Wildman–Crippen LogP) is 2.03. The molecular formula is C13H16N4OS. The minimum absolute atomic E-state index is 0.0538. The van der Waals surface area contributed by atoms with Gasteiger partial charge in [0.25, 0.3) is 5.91 Å². The first-order valence-corrected chi connectivity index (χ1v) is 7.45. The van der Waals surface area contributed by atoms with Crippen LogP contribution in [0.2, 0.25) is 0 Å². The highest BCUT2D eigenvalue weighted by Gasteiger charge is 2.28. The van der Waals surface area contributed by atoms with Crippen LogP contribution in [0, 0.1) is 0 Å². The van der Waals surface area contributed by atoms with E-state index in [0.29, 0.717) is 5.69 Å². The van der Waals surface area contributed by atoms with E-state index in [2.05, 4.69) is 10.1 Å². The fourth-order valence-electron chi connectivity index (χ4n) is 2.55. The lowest BCUT2D eigenvalue weighted by molar-refractivity contribution is 0.0578. The van der Waals surface area contributed by atoms with Gasteiger partial charge in [-0.1, -0.05) is 0 Å². The van der Waals surface area contributed by atoms with Gasteiger partial charge in [0.1, 0.15) is 5.69 Å². The number of amides is 1. The summed E-state index contributed by atoms with van der Waals surface area (Å²) >= 11 is 1.46. The molecule has 1 aliphatic rings. The Kier molecular flexibility index (Phi) is 3.59. The molecule has 1 atom stereocenters. The molecule has 3 heterocycles. The van der Waals surface area contributed by atoms with Gasteiger partial charge in [-0.05, 0) is 25.3 Å². The van der Waals surface area contributed by atoms with E-state index in [1.54, 1.807) is 11.7 Å². The molecule has 0 N–H and O–H groups in total. The maximum absolute atomic E-state index is 12.4. The molecule has 100 valence electrons. The number of carbonyl (C=O) groups excluding carboxylic acids is 1. The lowest BCUT2D eigenvalue weighted by Gasteiger charge is -2.35. The maximum atomic E-state index is 12.4. The van der Waals surface area contributed by atoms with E-state index in [1.165, 1.54) is 17.8 Å². The number of rotatable bonds is 3. The van der Waals surface area contributed by atoms with Gasteiger partial charge in [-0.25, -0.2) is 4.98 Å². The normalized spacial score (nSPS) is 19.6. The highest BCUT2D eigenvalue weighted by atomic mass is 32.1. The minimum atomic E-state index is 0.0538. The van der Waals surface area contributed by atoms with Crippen molar-refractivity contribution in [3.8, 4) is 0 Å². The van der Waals surface area contributed by atoms with Gasteiger partial charge in [0.2, 0.25) is 0 Å². The highest BCUT2D eigenvalue weighted by molar-refractivity contribution is 7.07. The molecule has 0 bridgehead atoms. The van der Waals surface area contributed by atoms with Gasteiger partial charge in [0.15, 0.2) is 0 Å². The van der Waals surface area contributed by atoms with Gasteiger partial charge in [0.05, 0.1) is 18.1 Å². The Hall–Kier alpha value is -1.69. The summed E-state index contributed by atoms with van der Waals surface area (Å²) in [6.07, 6.45) is 7.00. The van der Waals surface area contributed by atoms with E-state index in [1.807, 2.05) is 27.2 Å². The van der Waals surface area contributed by atoms with Crippen molar-refractivity contribution < 1.29 is 4.79 Å². The van der Waals surface area contributed by atoms with Crippen molar-refractivity contribution in [1.29, 1.82) is 0 Å². The number of hydrogen-bond acceptors (Lipinski definition) is 4. The quantitative estimate of drug-likeness (QED) is 0.862. The van der Waals surface area contributed by atoms with Crippen molar-refractivity contribution in [2.75, 3.05) is 6.54 Å². The minimum Gasteiger partial charge on any atom is -0.332 e. The van der Waals surface area contributed by atoms with Gasteiger partial charge in [-0.2, -0.15) is 5.10 Å². The van der Waals surface area contributed by atoms with E-state index >= 15 is 0 Å². The standard InChI is InChI=1S/C13H16N4OS/c18-13(12-9-19-10-14-12)17-7-2-1-4-11(17)8-16-6-3-5-15-16/h3,5-6,9-11H,1-2,4,7-8H2/t11-/m1/s1. The van der Waals surface area contributed by atoms with Crippen LogP contribution in [0.5, 0.6) is 0 Å². The first-order valence-electron chi connectivity index (χ1n) is 6.51. The number of nitrogens with zero attached hydrogens (tertiary/aromatic N) is 4.